The van der Waals surface area contributed by atoms with Gasteiger partial charge in [0.05, 0.1) is 6.04 Å². The summed E-state index contributed by atoms with van der Waals surface area (Å²) < 4.78 is 13.1. The van der Waals surface area contributed by atoms with Crippen LogP contribution in [0.5, 0.6) is 0 Å². The lowest BCUT2D eigenvalue weighted by atomic mass is 10.0. The van der Waals surface area contributed by atoms with Crippen LogP contribution >= 0.6 is 0 Å². The lowest BCUT2D eigenvalue weighted by Crippen LogP contribution is -2.27. The van der Waals surface area contributed by atoms with Crippen LogP contribution in [0, 0.1) is 11.7 Å². The number of benzene rings is 1. The van der Waals surface area contributed by atoms with Crippen molar-refractivity contribution in [3.8, 4) is 0 Å². The van der Waals surface area contributed by atoms with Crippen molar-refractivity contribution in [3.63, 3.8) is 0 Å². The lowest BCUT2D eigenvalue weighted by molar-refractivity contribution is -0.122. The number of carbonyl (C=O) groups is 1. The molecule has 1 heterocycles. The standard InChI is InChI=1S/C15H21FN2O/c1-11(13-3-2-4-14(16)9-13)18-15(19)6-5-12-7-8-17-10-12/h2-4,9,11-12,17H,5-8,10H2,1H3,(H,18,19). The second-order valence-corrected chi connectivity index (χ2v) is 5.24. The normalized spacial score (nSPS) is 20.2. The van der Waals surface area contributed by atoms with Gasteiger partial charge in [0.2, 0.25) is 5.91 Å². The Kier molecular flexibility index (Phi) is 4.91. The summed E-state index contributed by atoms with van der Waals surface area (Å²) in [5.74, 6) is 0.398. The van der Waals surface area contributed by atoms with Crippen molar-refractivity contribution >= 4 is 5.91 Å². The van der Waals surface area contributed by atoms with Gasteiger partial charge in [-0.1, -0.05) is 12.1 Å². The molecule has 1 fully saturated rings. The molecule has 0 spiro atoms. The molecule has 1 aromatic carbocycles. The van der Waals surface area contributed by atoms with Gasteiger partial charge in [0.1, 0.15) is 5.82 Å². The summed E-state index contributed by atoms with van der Waals surface area (Å²) in [5, 5.41) is 6.22. The highest BCUT2D eigenvalue weighted by Gasteiger charge is 2.16. The van der Waals surface area contributed by atoms with E-state index in [-0.39, 0.29) is 17.8 Å². The van der Waals surface area contributed by atoms with Crippen molar-refractivity contribution in [2.75, 3.05) is 13.1 Å². The summed E-state index contributed by atoms with van der Waals surface area (Å²) in [5.41, 5.74) is 0.802. The van der Waals surface area contributed by atoms with E-state index in [0.717, 1.165) is 31.5 Å². The van der Waals surface area contributed by atoms with Crippen molar-refractivity contribution < 1.29 is 9.18 Å². The number of hydrogen-bond acceptors (Lipinski definition) is 2. The maximum Gasteiger partial charge on any atom is 0.220 e. The smallest absolute Gasteiger partial charge is 0.220 e. The molecule has 3 nitrogen and oxygen atoms in total. The van der Waals surface area contributed by atoms with Crippen LogP contribution in [-0.4, -0.2) is 19.0 Å². The molecule has 2 unspecified atom stereocenters. The third kappa shape index (κ3) is 4.31. The summed E-state index contributed by atoms with van der Waals surface area (Å²) in [6.45, 7) is 3.96. The Morgan fingerprint density at radius 1 is 1.58 bits per heavy atom. The Labute approximate surface area is 113 Å². The fourth-order valence-electron chi connectivity index (χ4n) is 2.47. The Balaban J connectivity index is 1.77. The van der Waals surface area contributed by atoms with E-state index in [2.05, 4.69) is 10.6 Å². The first-order valence-corrected chi connectivity index (χ1v) is 6.90. The van der Waals surface area contributed by atoms with Crippen molar-refractivity contribution in [1.29, 1.82) is 0 Å². The molecule has 0 aromatic heterocycles. The zero-order chi connectivity index (χ0) is 13.7. The molecule has 1 amide bonds. The molecular weight excluding hydrogens is 243 g/mol. The Hall–Kier alpha value is -1.42. The Morgan fingerprint density at radius 2 is 2.42 bits per heavy atom. The van der Waals surface area contributed by atoms with E-state index in [0.29, 0.717) is 12.3 Å². The molecule has 1 saturated heterocycles. The molecule has 1 aliphatic rings. The van der Waals surface area contributed by atoms with Crippen LogP contribution in [0.1, 0.15) is 37.8 Å². The minimum Gasteiger partial charge on any atom is -0.350 e. The van der Waals surface area contributed by atoms with E-state index in [4.69, 9.17) is 0 Å². The monoisotopic (exact) mass is 264 g/mol. The zero-order valence-corrected chi connectivity index (χ0v) is 11.3. The minimum atomic E-state index is -0.268. The number of hydrogen-bond donors (Lipinski definition) is 2. The predicted molar refractivity (Wildman–Crippen MR) is 73.2 cm³/mol. The number of halogens is 1. The molecule has 0 radical (unpaired) electrons. The van der Waals surface area contributed by atoms with Crippen LogP contribution in [-0.2, 0) is 4.79 Å². The van der Waals surface area contributed by atoms with E-state index in [1.807, 2.05) is 13.0 Å². The van der Waals surface area contributed by atoms with Crippen LogP contribution < -0.4 is 10.6 Å². The van der Waals surface area contributed by atoms with E-state index in [1.54, 1.807) is 6.07 Å². The van der Waals surface area contributed by atoms with Gasteiger partial charge in [-0.2, -0.15) is 0 Å². The third-order valence-corrected chi connectivity index (χ3v) is 3.67. The fourth-order valence-corrected chi connectivity index (χ4v) is 2.47. The average Bonchev–Trinajstić information content (AvgIpc) is 2.89. The molecule has 2 N–H and O–H groups in total. The van der Waals surface area contributed by atoms with E-state index in [9.17, 15) is 9.18 Å². The maximum atomic E-state index is 13.1. The first-order chi connectivity index (χ1) is 9.15. The fraction of sp³-hybridized carbons (Fsp3) is 0.533. The highest BCUT2D eigenvalue weighted by molar-refractivity contribution is 5.76. The summed E-state index contributed by atoms with van der Waals surface area (Å²) in [6, 6.07) is 6.22. The number of rotatable bonds is 5. The number of carbonyl (C=O) groups excluding carboxylic acids is 1. The van der Waals surface area contributed by atoms with Gasteiger partial charge in [-0.3, -0.25) is 4.79 Å². The van der Waals surface area contributed by atoms with E-state index >= 15 is 0 Å². The first kappa shape index (κ1) is 14.0. The molecule has 0 aliphatic carbocycles. The summed E-state index contributed by atoms with van der Waals surface area (Å²) in [6.07, 6.45) is 2.63. The molecule has 2 atom stereocenters. The minimum absolute atomic E-state index is 0.0451. The largest absolute Gasteiger partial charge is 0.350 e. The summed E-state index contributed by atoms with van der Waals surface area (Å²) >= 11 is 0. The highest BCUT2D eigenvalue weighted by Crippen LogP contribution is 2.16. The molecule has 1 aromatic rings. The molecular formula is C15H21FN2O. The molecule has 0 bridgehead atoms. The first-order valence-electron chi connectivity index (χ1n) is 6.90. The zero-order valence-electron chi connectivity index (χ0n) is 11.3. The van der Waals surface area contributed by atoms with Crippen molar-refractivity contribution in [2.45, 2.75) is 32.2 Å². The quantitative estimate of drug-likeness (QED) is 0.857. The molecule has 2 rings (SSSR count). The van der Waals surface area contributed by atoms with Crippen LogP contribution in [0.15, 0.2) is 24.3 Å². The van der Waals surface area contributed by atoms with E-state index < -0.39 is 0 Å². The van der Waals surface area contributed by atoms with Crippen LogP contribution in [0.25, 0.3) is 0 Å². The van der Waals surface area contributed by atoms with Crippen molar-refractivity contribution in [1.82, 2.24) is 10.6 Å². The van der Waals surface area contributed by atoms with Crippen LogP contribution in [0.4, 0.5) is 4.39 Å². The SMILES string of the molecule is CC(NC(=O)CCC1CCNC1)c1cccc(F)c1. The van der Waals surface area contributed by atoms with Crippen LogP contribution in [0.3, 0.4) is 0 Å². The Bertz CT molecular complexity index is 430. The van der Waals surface area contributed by atoms with E-state index in [1.165, 1.54) is 12.1 Å². The predicted octanol–water partition coefficient (Wildman–Crippen LogP) is 2.39. The van der Waals surface area contributed by atoms with Gasteiger partial charge in [-0.05, 0) is 56.5 Å². The second kappa shape index (κ2) is 6.66. The number of amides is 1. The summed E-state index contributed by atoms with van der Waals surface area (Å²) in [7, 11) is 0. The molecule has 4 heteroatoms. The summed E-state index contributed by atoms with van der Waals surface area (Å²) in [4.78, 5) is 11.8. The van der Waals surface area contributed by atoms with Gasteiger partial charge < -0.3 is 10.6 Å². The van der Waals surface area contributed by atoms with Gasteiger partial charge in [0.15, 0.2) is 0 Å². The molecule has 1 aliphatic heterocycles. The number of nitrogens with one attached hydrogen (secondary N) is 2. The van der Waals surface area contributed by atoms with Gasteiger partial charge in [-0.25, -0.2) is 4.39 Å². The average molecular weight is 264 g/mol. The Morgan fingerprint density at radius 3 is 3.11 bits per heavy atom. The van der Waals surface area contributed by atoms with Gasteiger partial charge in [-0.15, -0.1) is 0 Å². The van der Waals surface area contributed by atoms with Gasteiger partial charge in [0.25, 0.3) is 0 Å². The van der Waals surface area contributed by atoms with Gasteiger partial charge >= 0.3 is 0 Å². The molecule has 0 saturated carbocycles. The van der Waals surface area contributed by atoms with Gasteiger partial charge in [0, 0.05) is 6.42 Å². The third-order valence-electron chi connectivity index (χ3n) is 3.67. The maximum absolute atomic E-state index is 13.1. The molecule has 104 valence electrons. The topological polar surface area (TPSA) is 41.1 Å². The lowest BCUT2D eigenvalue weighted by Gasteiger charge is -2.15. The highest BCUT2D eigenvalue weighted by atomic mass is 19.1. The van der Waals surface area contributed by atoms with Crippen molar-refractivity contribution in [3.05, 3.63) is 35.6 Å². The second-order valence-electron chi connectivity index (χ2n) is 5.24. The van der Waals surface area contributed by atoms with Crippen LogP contribution in [0.2, 0.25) is 0 Å². The molecule has 19 heavy (non-hydrogen) atoms. The van der Waals surface area contributed by atoms with Crippen molar-refractivity contribution in [2.24, 2.45) is 5.92 Å².